The molecule has 1 aromatic carbocycles. The zero-order valence-corrected chi connectivity index (χ0v) is 17.5. The molecule has 2 heterocycles. The number of aromatic amines is 1. The van der Waals surface area contributed by atoms with Gasteiger partial charge in [-0.25, -0.2) is 18.6 Å². The predicted molar refractivity (Wildman–Crippen MR) is 106 cm³/mol. The van der Waals surface area contributed by atoms with Crippen molar-refractivity contribution in [3.05, 3.63) is 63.5 Å². The van der Waals surface area contributed by atoms with E-state index >= 15 is 0 Å². The quantitative estimate of drug-likeness (QED) is 0.358. The normalized spacial score (nSPS) is 10.7. The summed E-state index contributed by atoms with van der Waals surface area (Å²) in [5.74, 6) is -4.54. The molecule has 0 fully saturated rings. The number of nitrogens with one attached hydrogen (secondary N) is 3. The monoisotopic (exact) mass is 467 g/mol. The van der Waals surface area contributed by atoms with E-state index in [1.807, 2.05) is 0 Å². The number of rotatable bonds is 7. The van der Waals surface area contributed by atoms with Crippen LogP contribution < -0.4 is 10.6 Å². The topological polar surface area (TPSA) is 139 Å². The molecule has 3 rings (SSSR count). The number of oxazole rings is 1. The van der Waals surface area contributed by atoms with Crippen LogP contribution in [0.3, 0.4) is 0 Å². The Balaban J connectivity index is 1.61. The second-order valence-corrected chi connectivity index (χ2v) is 6.70. The molecule has 32 heavy (non-hydrogen) atoms. The third kappa shape index (κ3) is 5.09. The number of carbonyl (C=O) groups excluding carboxylic acids is 3. The van der Waals surface area contributed by atoms with Crippen LogP contribution in [0.4, 0.5) is 14.6 Å². The molecule has 0 saturated carbocycles. The molecule has 3 aromatic rings. The second kappa shape index (κ2) is 9.56. The lowest BCUT2D eigenvalue weighted by atomic mass is 10.2. The Morgan fingerprint density at radius 2 is 1.91 bits per heavy atom. The molecular formula is C19H16ClF2N5O5. The van der Waals surface area contributed by atoms with Gasteiger partial charge in [-0.2, -0.15) is 5.10 Å². The molecule has 3 N–H and O–H groups in total. The smallest absolute Gasteiger partial charge is 0.376 e. The Labute approximate surface area is 184 Å². The fraction of sp³-hybridized carbons (Fsp3) is 0.211. The van der Waals surface area contributed by atoms with E-state index in [9.17, 15) is 23.2 Å². The Hall–Kier alpha value is -3.80. The zero-order valence-electron chi connectivity index (χ0n) is 16.7. The first-order valence-corrected chi connectivity index (χ1v) is 9.50. The van der Waals surface area contributed by atoms with Crippen molar-refractivity contribution < 1.29 is 32.3 Å². The minimum atomic E-state index is -1.24. The summed E-state index contributed by atoms with van der Waals surface area (Å²) in [6.07, 6.45) is 0. The minimum absolute atomic E-state index is 0.0116. The van der Waals surface area contributed by atoms with Crippen LogP contribution in [0.1, 0.15) is 49.9 Å². The molecule has 0 saturated heterocycles. The van der Waals surface area contributed by atoms with Crippen LogP contribution in [0.5, 0.6) is 0 Å². The highest BCUT2D eigenvalue weighted by Gasteiger charge is 2.20. The molecule has 0 spiro atoms. The van der Waals surface area contributed by atoms with Crippen molar-refractivity contribution >= 4 is 35.2 Å². The molecule has 0 bridgehead atoms. The maximum atomic E-state index is 13.4. The largest absolute Gasteiger partial charge is 0.460 e. The highest BCUT2D eigenvalue weighted by Crippen LogP contribution is 2.21. The Bertz CT molecular complexity index is 1190. The number of carbonyl (C=O) groups is 3. The molecule has 2 aromatic heterocycles. The van der Waals surface area contributed by atoms with E-state index in [0.29, 0.717) is 17.8 Å². The standard InChI is InChI=1S/C19H16ClF2N5O5/c1-3-31-19(30)16-8(2)24-15(32-16)7-23-18(29)13-6-14(27-26-13)25-17(28)9-4-11(21)12(22)5-10(9)20/h4-6H,3,7H2,1-2H3,(H,23,29)(H2,25,26,27,28). The Morgan fingerprint density at radius 3 is 2.62 bits per heavy atom. The molecule has 0 unspecified atom stereocenters. The van der Waals surface area contributed by atoms with Crippen LogP contribution in [-0.4, -0.2) is 39.6 Å². The van der Waals surface area contributed by atoms with Crippen LogP contribution in [0.2, 0.25) is 5.02 Å². The van der Waals surface area contributed by atoms with E-state index < -0.39 is 29.4 Å². The summed E-state index contributed by atoms with van der Waals surface area (Å²) in [5.41, 5.74) is -0.0817. The Morgan fingerprint density at radius 1 is 1.19 bits per heavy atom. The molecule has 13 heteroatoms. The van der Waals surface area contributed by atoms with Gasteiger partial charge in [0.05, 0.1) is 29.4 Å². The maximum absolute atomic E-state index is 13.4. The minimum Gasteiger partial charge on any atom is -0.460 e. The van der Waals surface area contributed by atoms with E-state index in [2.05, 4.69) is 25.8 Å². The van der Waals surface area contributed by atoms with Crippen molar-refractivity contribution in [3.8, 4) is 0 Å². The molecule has 0 atom stereocenters. The zero-order chi connectivity index (χ0) is 23.4. The number of aryl methyl sites for hydroxylation is 1. The third-order valence-electron chi connectivity index (χ3n) is 4.02. The number of halogens is 3. The highest BCUT2D eigenvalue weighted by molar-refractivity contribution is 6.34. The second-order valence-electron chi connectivity index (χ2n) is 6.29. The summed E-state index contributed by atoms with van der Waals surface area (Å²) in [5, 5.41) is 10.7. The molecule has 168 valence electrons. The van der Waals surface area contributed by atoms with E-state index in [-0.39, 0.29) is 46.9 Å². The van der Waals surface area contributed by atoms with E-state index in [0.717, 1.165) is 0 Å². The van der Waals surface area contributed by atoms with Crippen LogP contribution in [0.25, 0.3) is 0 Å². The van der Waals surface area contributed by atoms with Crippen molar-refractivity contribution in [2.75, 3.05) is 11.9 Å². The van der Waals surface area contributed by atoms with Gasteiger partial charge in [0.2, 0.25) is 11.7 Å². The van der Waals surface area contributed by atoms with Gasteiger partial charge in [0.25, 0.3) is 11.8 Å². The SMILES string of the molecule is CCOC(=O)c1oc(CNC(=O)c2cc(NC(=O)c3cc(F)c(F)cc3Cl)[nH]n2)nc1C. The van der Waals surface area contributed by atoms with Crippen molar-refractivity contribution in [1.29, 1.82) is 0 Å². The van der Waals surface area contributed by atoms with Crippen LogP contribution in [0.15, 0.2) is 22.6 Å². The van der Waals surface area contributed by atoms with Gasteiger partial charge in [0.15, 0.2) is 17.3 Å². The summed E-state index contributed by atoms with van der Waals surface area (Å²) >= 11 is 5.77. The average molecular weight is 468 g/mol. The first-order valence-electron chi connectivity index (χ1n) is 9.12. The van der Waals surface area contributed by atoms with Gasteiger partial charge < -0.3 is 19.8 Å². The van der Waals surface area contributed by atoms with E-state index in [1.165, 1.54) is 6.07 Å². The molecule has 0 aliphatic rings. The van der Waals surface area contributed by atoms with Crippen molar-refractivity contribution in [2.24, 2.45) is 0 Å². The fourth-order valence-electron chi connectivity index (χ4n) is 2.55. The lowest BCUT2D eigenvalue weighted by molar-refractivity contribution is 0.0486. The average Bonchev–Trinajstić information content (AvgIpc) is 3.35. The van der Waals surface area contributed by atoms with Gasteiger partial charge >= 0.3 is 5.97 Å². The van der Waals surface area contributed by atoms with E-state index in [1.54, 1.807) is 13.8 Å². The van der Waals surface area contributed by atoms with Crippen molar-refractivity contribution in [1.82, 2.24) is 20.5 Å². The number of H-pyrrole nitrogens is 1. The van der Waals surface area contributed by atoms with Gasteiger partial charge in [0.1, 0.15) is 5.82 Å². The summed E-state index contributed by atoms with van der Waals surface area (Å²) in [6, 6.07) is 2.54. The highest BCUT2D eigenvalue weighted by atomic mass is 35.5. The number of hydrogen-bond acceptors (Lipinski definition) is 7. The summed E-state index contributed by atoms with van der Waals surface area (Å²) in [4.78, 5) is 40.3. The lowest BCUT2D eigenvalue weighted by Crippen LogP contribution is -2.23. The molecule has 0 aliphatic carbocycles. The van der Waals surface area contributed by atoms with Crippen LogP contribution in [0, 0.1) is 18.6 Å². The first-order chi connectivity index (χ1) is 15.2. The molecule has 0 radical (unpaired) electrons. The number of benzene rings is 1. The van der Waals surface area contributed by atoms with Gasteiger partial charge in [-0.15, -0.1) is 0 Å². The number of esters is 1. The summed E-state index contributed by atoms with van der Waals surface area (Å²) in [6.45, 7) is 3.24. The molecule has 10 nitrogen and oxygen atoms in total. The van der Waals surface area contributed by atoms with Gasteiger partial charge in [-0.3, -0.25) is 14.7 Å². The number of anilines is 1. The number of hydrogen-bond donors (Lipinski definition) is 3. The summed E-state index contributed by atoms with van der Waals surface area (Å²) in [7, 11) is 0. The maximum Gasteiger partial charge on any atom is 0.376 e. The summed E-state index contributed by atoms with van der Waals surface area (Å²) < 4.78 is 36.7. The Kier molecular flexibility index (Phi) is 6.83. The van der Waals surface area contributed by atoms with Crippen molar-refractivity contribution in [3.63, 3.8) is 0 Å². The molecule has 0 aliphatic heterocycles. The number of nitrogens with zero attached hydrogens (tertiary/aromatic N) is 2. The predicted octanol–water partition coefficient (Wildman–Crippen LogP) is 3.00. The van der Waals surface area contributed by atoms with E-state index in [4.69, 9.17) is 20.8 Å². The van der Waals surface area contributed by atoms with Gasteiger partial charge in [-0.1, -0.05) is 11.6 Å². The van der Waals surface area contributed by atoms with Crippen LogP contribution >= 0.6 is 11.6 Å². The van der Waals surface area contributed by atoms with Gasteiger partial charge in [-0.05, 0) is 26.0 Å². The number of aromatic nitrogens is 3. The van der Waals surface area contributed by atoms with Crippen LogP contribution in [-0.2, 0) is 11.3 Å². The van der Waals surface area contributed by atoms with Gasteiger partial charge in [0, 0.05) is 6.07 Å². The lowest BCUT2D eigenvalue weighted by Gasteiger charge is -2.05. The van der Waals surface area contributed by atoms with Crippen molar-refractivity contribution in [2.45, 2.75) is 20.4 Å². The molecular weight excluding hydrogens is 452 g/mol. The fourth-order valence-corrected chi connectivity index (χ4v) is 2.78. The third-order valence-corrected chi connectivity index (χ3v) is 4.33. The first kappa shape index (κ1) is 22.9. The number of amides is 2. The number of ether oxygens (including phenoxy) is 1. The molecule has 2 amide bonds.